The molecular formula is C25H24N4O3. The minimum atomic E-state index is -0.468. The molecule has 0 radical (unpaired) electrons. The fraction of sp³-hybridized carbons (Fsp3) is 0.160. The molecular weight excluding hydrogens is 404 g/mol. The SMILES string of the molecule is Cc1ccc(C(=O)NNC(=O)c2ccccc2OCc2cn3cccc(C)c3n2)c(C)c1. The Morgan fingerprint density at radius 3 is 2.41 bits per heavy atom. The molecule has 0 saturated carbocycles. The molecule has 0 bridgehead atoms. The second-order valence-electron chi connectivity index (χ2n) is 7.67. The Balaban J connectivity index is 1.43. The van der Waals surface area contributed by atoms with E-state index in [4.69, 9.17) is 4.74 Å². The zero-order valence-electron chi connectivity index (χ0n) is 18.2. The summed E-state index contributed by atoms with van der Waals surface area (Å²) in [6.45, 7) is 6.02. The van der Waals surface area contributed by atoms with Crippen LogP contribution in [-0.2, 0) is 6.61 Å². The number of pyridine rings is 1. The lowest BCUT2D eigenvalue weighted by Gasteiger charge is -2.12. The largest absolute Gasteiger partial charge is 0.486 e. The smallest absolute Gasteiger partial charge is 0.273 e. The molecule has 0 fully saturated rings. The zero-order valence-corrected chi connectivity index (χ0v) is 18.2. The van der Waals surface area contributed by atoms with Crippen molar-refractivity contribution in [1.29, 1.82) is 0 Å². The number of amides is 2. The number of imidazole rings is 1. The van der Waals surface area contributed by atoms with E-state index in [9.17, 15) is 9.59 Å². The molecule has 4 aromatic rings. The summed E-state index contributed by atoms with van der Waals surface area (Å²) in [6, 6.07) is 16.3. The average Bonchev–Trinajstić information content (AvgIpc) is 3.20. The average molecular weight is 428 g/mol. The van der Waals surface area contributed by atoms with Gasteiger partial charge in [0.15, 0.2) is 0 Å². The Bertz CT molecular complexity index is 1310. The quantitative estimate of drug-likeness (QED) is 0.472. The summed E-state index contributed by atoms with van der Waals surface area (Å²) in [5.74, 6) is -0.446. The van der Waals surface area contributed by atoms with Crippen molar-refractivity contribution in [2.24, 2.45) is 0 Å². The molecule has 2 aromatic heterocycles. The van der Waals surface area contributed by atoms with Gasteiger partial charge in [0.1, 0.15) is 18.0 Å². The van der Waals surface area contributed by atoms with Crippen LogP contribution in [0.4, 0.5) is 0 Å². The third-order valence-corrected chi connectivity index (χ3v) is 5.15. The highest BCUT2D eigenvalue weighted by atomic mass is 16.5. The molecule has 0 saturated heterocycles. The number of hydrogen-bond donors (Lipinski definition) is 2. The van der Waals surface area contributed by atoms with E-state index in [1.165, 1.54) is 0 Å². The number of nitrogens with zero attached hydrogens (tertiary/aromatic N) is 2. The fourth-order valence-corrected chi connectivity index (χ4v) is 3.52. The van der Waals surface area contributed by atoms with Crippen LogP contribution in [0.1, 0.15) is 43.1 Å². The minimum absolute atomic E-state index is 0.209. The maximum Gasteiger partial charge on any atom is 0.273 e. The first kappa shape index (κ1) is 21.1. The third kappa shape index (κ3) is 4.46. The molecule has 0 unspecified atom stereocenters. The fourth-order valence-electron chi connectivity index (χ4n) is 3.52. The number of benzene rings is 2. The van der Waals surface area contributed by atoms with E-state index in [2.05, 4.69) is 15.8 Å². The van der Waals surface area contributed by atoms with Gasteiger partial charge >= 0.3 is 0 Å². The normalized spacial score (nSPS) is 10.7. The molecule has 2 heterocycles. The first-order chi connectivity index (χ1) is 15.4. The molecule has 2 N–H and O–H groups in total. The van der Waals surface area contributed by atoms with Crippen LogP contribution < -0.4 is 15.6 Å². The number of aromatic nitrogens is 2. The topological polar surface area (TPSA) is 84.7 Å². The highest BCUT2D eigenvalue weighted by Crippen LogP contribution is 2.20. The standard InChI is InChI=1S/C25H24N4O3/c1-16-10-11-20(18(3)13-16)24(30)27-28-25(31)21-8-4-5-9-22(21)32-15-19-14-29-12-6-7-17(2)23(29)26-19/h4-14H,15H2,1-3H3,(H,27,30)(H,28,31). The molecule has 2 aromatic carbocycles. The monoisotopic (exact) mass is 428 g/mol. The second kappa shape index (κ2) is 8.93. The lowest BCUT2D eigenvalue weighted by molar-refractivity contribution is 0.0843. The maximum atomic E-state index is 12.7. The molecule has 0 spiro atoms. The summed E-state index contributed by atoms with van der Waals surface area (Å²) in [5, 5.41) is 0. The second-order valence-corrected chi connectivity index (χ2v) is 7.67. The molecule has 4 rings (SSSR count). The van der Waals surface area contributed by atoms with Gasteiger partial charge in [-0.3, -0.25) is 20.4 Å². The Labute approximate surface area is 186 Å². The van der Waals surface area contributed by atoms with Crippen LogP contribution in [0.2, 0.25) is 0 Å². The van der Waals surface area contributed by atoms with Gasteiger partial charge in [-0.1, -0.05) is 35.9 Å². The van der Waals surface area contributed by atoms with Gasteiger partial charge in [-0.15, -0.1) is 0 Å². The number of carbonyl (C=O) groups is 2. The number of fused-ring (bicyclic) bond motifs is 1. The van der Waals surface area contributed by atoms with Gasteiger partial charge in [0.2, 0.25) is 0 Å². The molecule has 0 aliphatic heterocycles. The van der Waals surface area contributed by atoms with Gasteiger partial charge in [-0.05, 0) is 56.2 Å². The van der Waals surface area contributed by atoms with Crippen molar-refractivity contribution in [3.05, 3.63) is 101 Å². The number of para-hydroxylation sites is 1. The molecule has 0 aliphatic rings. The van der Waals surface area contributed by atoms with E-state index in [0.29, 0.717) is 16.9 Å². The van der Waals surface area contributed by atoms with Crippen LogP contribution >= 0.6 is 0 Å². The summed E-state index contributed by atoms with van der Waals surface area (Å²) in [6.07, 6.45) is 3.83. The number of hydrazine groups is 1. The summed E-state index contributed by atoms with van der Waals surface area (Å²) >= 11 is 0. The van der Waals surface area contributed by atoms with Crippen LogP contribution in [0.15, 0.2) is 67.0 Å². The van der Waals surface area contributed by atoms with Gasteiger partial charge in [0.05, 0.1) is 11.3 Å². The first-order valence-corrected chi connectivity index (χ1v) is 10.3. The summed E-state index contributed by atoms with van der Waals surface area (Å²) in [4.78, 5) is 29.8. The van der Waals surface area contributed by atoms with E-state index in [1.807, 2.05) is 61.8 Å². The Hall–Kier alpha value is -4.13. The number of ether oxygens (including phenoxy) is 1. The van der Waals surface area contributed by atoms with Crippen molar-refractivity contribution in [2.75, 3.05) is 0 Å². The number of hydrogen-bond acceptors (Lipinski definition) is 4. The predicted octanol–water partition coefficient (Wildman–Crippen LogP) is 3.91. The lowest BCUT2D eigenvalue weighted by atomic mass is 10.1. The summed E-state index contributed by atoms with van der Waals surface area (Å²) in [7, 11) is 0. The van der Waals surface area contributed by atoms with E-state index < -0.39 is 5.91 Å². The van der Waals surface area contributed by atoms with E-state index in [0.717, 1.165) is 28.0 Å². The number of aryl methyl sites for hydroxylation is 3. The van der Waals surface area contributed by atoms with Crippen LogP contribution in [0, 0.1) is 20.8 Å². The Morgan fingerprint density at radius 1 is 0.906 bits per heavy atom. The first-order valence-electron chi connectivity index (χ1n) is 10.3. The summed E-state index contributed by atoms with van der Waals surface area (Å²) in [5.41, 5.74) is 10.3. The molecule has 162 valence electrons. The maximum absolute atomic E-state index is 12.7. The van der Waals surface area contributed by atoms with E-state index >= 15 is 0 Å². The third-order valence-electron chi connectivity index (χ3n) is 5.15. The molecule has 7 nitrogen and oxygen atoms in total. The Kier molecular flexibility index (Phi) is 5.89. The number of rotatable bonds is 5. The van der Waals surface area contributed by atoms with Gasteiger partial charge in [-0.25, -0.2) is 4.98 Å². The van der Waals surface area contributed by atoms with Gasteiger partial charge < -0.3 is 9.14 Å². The van der Waals surface area contributed by atoms with Gasteiger partial charge in [0, 0.05) is 18.0 Å². The van der Waals surface area contributed by atoms with Crippen LogP contribution in [0.3, 0.4) is 0 Å². The van der Waals surface area contributed by atoms with Crippen LogP contribution in [-0.4, -0.2) is 21.2 Å². The van der Waals surface area contributed by atoms with Crippen molar-refractivity contribution >= 4 is 17.5 Å². The van der Waals surface area contributed by atoms with Gasteiger partial charge in [0.25, 0.3) is 11.8 Å². The minimum Gasteiger partial charge on any atom is -0.486 e. The van der Waals surface area contributed by atoms with Crippen molar-refractivity contribution in [3.8, 4) is 5.75 Å². The summed E-state index contributed by atoms with van der Waals surface area (Å²) < 4.78 is 7.83. The highest BCUT2D eigenvalue weighted by Gasteiger charge is 2.15. The zero-order chi connectivity index (χ0) is 22.7. The molecule has 2 amide bonds. The number of nitrogens with one attached hydrogen (secondary N) is 2. The Morgan fingerprint density at radius 2 is 1.66 bits per heavy atom. The van der Waals surface area contributed by atoms with Crippen molar-refractivity contribution < 1.29 is 14.3 Å². The number of carbonyl (C=O) groups excluding carboxylic acids is 2. The lowest BCUT2D eigenvalue weighted by Crippen LogP contribution is -2.42. The molecule has 32 heavy (non-hydrogen) atoms. The molecule has 0 atom stereocenters. The van der Waals surface area contributed by atoms with Crippen LogP contribution in [0.25, 0.3) is 5.65 Å². The van der Waals surface area contributed by atoms with E-state index in [-0.39, 0.29) is 12.5 Å². The predicted molar refractivity (Wildman–Crippen MR) is 122 cm³/mol. The highest BCUT2D eigenvalue weighted by molar-refractivity contribution is 6.01. The van der Waals surface area contributed by atoms with Crippen molar-refractivity contribution in [2.45, 2.75) is 27.4 Å². The van der Waals surface area contributed by atoms with E-state index in [1.54, 1.807) is 30.3 Å². The van der Waals surface area contributed by atoms with Crippen LogP contribution in [0.5, 0.6) is 5.75 Å². The van der Waals surface area contributed by atoms with Crippen molar-refractivity contribution in [1.82, 2.24) is 20.2 Å². The molecule has 7 heteroatoms. The van der Waals surface area contributed by atoms with Gasteiger partial charge in [-0.2, -0.15) is 0 Å². The molecule has 0 aliphatic carbocycles. The van der Waals surface area contributed by atoms with Crippen molar-refractivity contribution in [3.63, 3.8) is 0 Å².